The first-order chi connectivity index (χ1) is 12.2. The zero-order valence-electron chi connectivity index (χ0n) is 13.1. The number of aromatic nitrogens is 1. The molecular weight excluding hydrogens is 314 g/mol. The van der Waals surface area contributed by atoms with E-state index in [1.807, 2.05) is 54.6 Å². The van der Waals surface area contributed by atoms with Crippen LogP contribution in [0.15, 0.2) is 71.3 Å². The number of hydrogen-bond donors (Lipinski definition) is 2. The van der Waals surface area contributed by atoms with Crippen LogP contribution in [-0.2, 0) is 0 Å². The van der Waals surface area contributed by atoms with Gasteiger partial charge < -0.3 is 14.6 Å². The summed E-state index contributed by atoms with van der Waals surface area (Å²) in [6.45, 7) is 0. The minimum atomic E-state index is 0.0778. The van der Waals surface area contributed by atoms with Gasteiger partial charge in [0.05, 0.1) is 11.6 Å². The Morgan fingerprint density at radius 1 is 0.760 bits per heavy atom. The number of fused-ring (bicyclic) bond motifs is 5. The Hall–Kier alpha value is -3.53. The lowest BCUT2D eigenvalue weighted by Crippen LogP contribution is -1.83. The molecule has 0 saturated carbocycles. The van der Waals surface area contributed by atoms with E-state index in [1.54, 1.807) is 6.07 Å². The van der Waals surface area contributed by atoms with Crippen LogP contribution in [0.1, 0.15) is 0 Å². The highest BCUT2D eigenvalue weighted by Crippen LogP contribution is 2.44. The van der Waals surface area contributed by atoms with Crippen molar-refractivity contribution in [3.63, 3.8) is 0 Å². The molecule has 2 N–H and O–H groups in total. The number of aromatic hydroxyl groups is 2. The maximum atomic E-state index is 10.5. The van der Waals surface area contributed by atoms with Crippen LogP contribution < -0.4 is 0 Å². The van der Waals surface area contributed by atoms with Crippen molar-refractivity contribution in [3.05, 3.63) is 66.9 Å². The predicted molar refractivity (Wildman–Crippen MR) is 97.8 cm³/mol. The van der Waals surface area contributed by atoms with E-state index in [0.29, 0.717) is 22.2 Å². The largest absolute Gasteiger partial charge is 0.507 e. The molecule has 5 rings (SSSR count). The fraction of sp³-hybridized carbons (Fsp3) is 0. The van der Waals surface area contributed by atoms with Crippen LogP contribution in [-0.4, -0.2) is 15.2 Å². The second-order valence-electron chi connectivity index (χ2n) is 5.98. The number of benzene rings is 3. The zero-order chi connectivity index (χ0) is 17.0. The molecule has 4 nitrogen and oxygen atoms in total. The number of pyridine rings is 1. The Labute approximate surface area is 142 Å². The predicted octanol–water partition coefficient (Wildman–Crippen LogP) is 5.21. The van der Waals surface area contributed by atoms with Gasteiger partial charge in [-0.15, -0.1) is 0 Å². The van der Waals surface area contributed by atoms with Gasteiger partial charge in [0.1, 0.15) is 17.1 Å². The van der Waals surface area contributed by atoms with E-state index in [1.165, 1.54) is 6.20 Å². The number of rotatable bonds is 1. The van der Waals surface area contributed by atoms with Crippen molar-refractivity contribution in [2.24, 2.45) is 0 Å². The van der Waals surface area contributed by atoms with Gasteiger partial charge in [-0.3, -0.25) is 0 Å². The van der Waals surface area contributed by atoms with Gasteiger partial charge in [0.2, 0.25) is 5.71 Å². The van der Waals surface area contributed by atoms with Crippen LogP contribution in [0, 0.1) is 0 Å². The standard InChI is InChI=1S/C21H13NO3/c23-16-10-15-19-18(12-6-2-1-3-7-12)17(24)11-22-21(19)25-20(15)14-9-5-4-8-13(14)16/h1-11,23-24H. The van der Waals surface area contributed by atoms with Crippen LogP contribution in [0.25, 0.3) is 44.0 Å². The van der Waals surface area contributed by atoms with Crippen molar-refractivity contribution in [1.82, 2.24) is 4.98 Å². The van der Waals surface area contributed by atoms with Crippen LogP contribution in [0.5, 0.6) is 11.5 Å². The average Bonchev–Trinajstić information content (AvgIpc) is 3.01. The number of nitrogens with zero attached hydrogens (tertiary/aromatic N) is 1. The van der Waals surface area contributed by atoms with Crippen LogP contribution in [0.3, 0.4) is 0 Å². The van der Waals surface area contributed by atoms with Gasteiger partial charge in [-0.2, -0.15) is 0 Å². The lowest BCUT2D eigenvalue weighted by atomic mass is 9.99. The van der Waals surface area contributed by atoms with Gasteiger partial charge >= 0.3 is 0 Å². The first-order valence-electron chi connectivity index (χ1n) is 7.94. The van der Waals surface area contributed by atoms with E-state index >= 15 is 0 Å². The van der Waals surface area contributed by atoms with E-state index in [0.717, 1.165) is 21.7 Å². The summed E-state index contributed by atoms with van der Waals surface area (Å²) in [7, 11) is 0. The van der Waals surface area contributed by atoms with Crippen molar-refractivity contribution >= 4 is 32.8 Å². The van der Waals surface area contributed by atoms with E-state index in [4.69, 9.17) is 4.42 Å². The van der Waals surface area contributed by atoms with Crippen molar-refractivity contribution < 1.29 is 14.6 Å². The summed E-state index contributed by atoms with van der Waals surface area (Å²) >= 11 is 0. The third-order valence-corrected chi connectivity index (χ3v) is 4.53. The van der Waals surface area contributed by atoms with Crippen LogP contribution >= 0.6 is 0 Å². The molecule has 2 heterocycles. The highest BCUT2D eigenvalue weighted by Gasteiger charge is 2.20. The molecule has 120 valence electrons. The molecule has 2 aromatic heterocycles. The molecule has 25 heavy (non-hydrogen) atoms. The zero-order valence-corrected chi connectivity index (χ0v) is 13.1. The van der Waals surface area contributed by atoms with E-state index in [2.05, 4.69) is 4.98 Å². The normalized spacial score (nSPS) is 11.5. The molecule has 0 aliphatic heterocycles. The topological polar surface area (TPSA) is 66.5 Å². The Bertz CT molecular complexity index is 1260. The molecule has 0 spiro atoms. The quantitative estimate of drug-likeness (QED) is 0.443. The van der Waals surface area contributed by atoms with E-state index in [-0.39, 0.29) is 11.5 Å². The number of phenols is 1. The fourth-order valence-corrected chi connectivity index (χ4v) is 3.43. The van der Waals surface area contributed by atoms with E-state index in [9.17, 15) is 10.2 Å². The van der Waals surface area contributed by atoms with Crippen molar-refractivity contribution in [1.29, 1.82) is 0 Å². The summed E-state index contributed by atoms with van der Waals surface area (Å²) in [6.07, 6.45) is 1.40. The Morgan fingerprint density at radius 3 is 2.28 bits per heavy atom. The second kappa shape index (κ2) is 4.98. The lowest BCUT2D eigenvalue weighted by Gasteiger charge is -2.06. The Balaban J connectivity index is 2.03. The maximum Gasteiger partial charge on any atom is 0.228 e. The number of furan rings is 1. The SMILES string of the molecule is Oc1cnc2oc3c4ccccc4c(O)cc3c2c1-c1ccccc1. The smallest absolute Gasteiger partial charge is 0.228 e. The second-order valence-corrected chi connectivity index (χ2v) is 5.98. The van der Waals surface area contributed by atoms with Crippen molar-refractivity contribution in [2.45, 2.75) is 0 Å². The van der Waals surface area contributed by atoms with Crippen LogP contribution in [0.2, 0.25) is 0 Å². The molecule has 0 radical (unpaired) electrons. The molecule has 0 unspecified atom stereocenters. The van der Waals surface area contributed by atoms with Gasteiger partial charge in [-0.05, 0) is 11.6 Å². The van der Waals surface area contributed by atoms with Crippen molar-refractivity contribution in [3.8, 4) is 22.6 Å². The first-order valence-corrected chi connectivity index (χ1v) is 7.94. The minimum absolute atomic E-state index is 0.0778. The van der Waals surface area contributed by atoms with Crippen LogP contribution in [0.4, 0.5) is 0 Å². The first kappa shape index (κ1) is 13.9. The van der Waals surface area contributed by atoms with Gasteiger partial charge in [0.15, 0.2) is 0 Å². The molecule has 0 bridgehead atoms. The maximum absolute atomic E-state index is 10.5. The Morgan fingerprint density at radius 2 is 1.48 bits per heavy atom. The highest BCUT2D eigenvalue weighted by atomic mass is 16.3. The Kier molecular flexibility index (Phi) is 2.76. The van der Waals surface area contributed by atoms with Crippen molar-refractivity contribution in [2.75, 3.05) is 0 Å². The highest BCUT2D eigenvalue weighted by molar-refractivity contribution is 6.20. The molecule has 0 saturated heterocycles. The lowest BCUT2D eigenvalue weighted by molar-refractivity contribution is 0.475. The molecule has 0 aliphatic rings. The molecule has 0 atom stereocenters. The third-order valence-electron chi connectivity index (χ3n) is 4.53. The molecule has 0 fully saturated rings. The molecular formula is C21H13NO3. The molecule has 0 aliphatic carbocycles. The molecule has 0 amide bonds. The molecule has 5 aromatic rings. The van der Waals surface area contributed by atoms with Gasteiger partial charge in [-0.1, -0.05) is 54.6 Å². The monoisotopic (exact) mass is 327 g/mol. The summed E-state index contributed by atoms with van der Waals surface area (Å²) < 4.78 is 6.00. The summed E-state index contributed by atoms with van der Waals surface area (Å²) in [5.41, 5.74) is 2.60. The van der Waals surface area contributed by atoms with Gasteiger partial charge in [-0.25, -0.2) is 4.98 Å². The summed E-state index contributed by atoms with van der Waals surface area (Å²) in [5.74, 6) is 0.252. The summed E-state index contributed by atoms with van der Waals surface area (Å²) in [4.78, 5) is 4.24. The molecule has 4 heteroatoms. The number of hydrogen-bond acceptors (Lipinski definition) is 4. The number of phenolic OH excluding ortho intramolecular Hbond substituents is 1. The minimum Gasteiger partial charge on any atom is -0.507 e. The van der Waals surface area contributed by atoms with E-state index < -0.39 is 0 Å². The average molecular weight is 327 g/mol. The van der Waals surface area contributed by atoms with Gasteiger partial charge in [0, 0.05) is 21.7 Å². The summed E-state index contributed by atoms with van der Waals surface area (Å²) in [6, 6.07) is 18.8. The van der Waals surface area contributed by atoms with Gasteiger partial charge in [0.25, 0.3) is 0 Å². The fourth-order valence-electron chi connectivity index (χ4n) is 3.43. The third kappa shape index (κ3) is 1.91. The molecule has 3 aromatic carbocycles. The summed E-state index contributed by atoms with van der Waals surface area (Å²) in [5, 5.41) is 23.9.